The van der Waals surface area contributed by atoms with Crippen LogP contribution in [0, 0.1) is 5.92 Å². The molecule has 1 heterocycles. The van der Waals surface area contributed by atoms with E-state index < -0.39 is 0 Å². The highest BCUT2D eigenvalue weighted by Gasteiger charge is 2.18. The highest BCUT2D eigenvalue weighted by Crippen LogP contribution is 2.16. The van der Waals surface area contributed by atoms with Gasteiger partial charge in [0.2, 0.25) is 5.91 Å². The van der Waals surface area contributed by atoms with Crippen molar-refractivity contribution < 1.29 is 4.79 Å². The van der Waals surface area contributed by atoms with Gasteiger partial charge in [-0.1, -0.05) is 13.3 Å². The average Bonchev–Trinajstić information content (AvgIpc) is 2.37. The van der Waals surface area contributed by atoms with Crippen molar-refractivity contribution in [1.29, 1.82) is 0 Å². The van der Waals surface area contributed by atoms with Crippen molar-refractivity contribution >= 4 is 11.6 Å². The molecule has 0 bridgehead atoms. The molecule has 0 radical (unpaired) electrons. The molecule has 1 aromatic heterocycles. The van der Waals surface area contributed by atoms with Crippen molar-refractivity contribution in [3.8, 4) is 0 Å². The minimum Gasteiger partial charge on any atom is -0.328 e. The molecule has 1 amide bonds. The first-order valence-electron chi connectivity index (χ1n) is 6.45. The second-order valence-corrected chi connectivity index (χ2v) is 4.92. The van der Waals surface area contributed by atoms with Crippen molar-refractivity contribution in [2.45, 2.75) is 39.2 Å². The predicted molar refractivity (Wildman–Crippen MR) is 74.3 cm³/mol. The van der Waals surface area contributed by atoms with E-state index in [1.807, 2.05) is 26.0 Å². The maximum absolute atomic E-state index is 12.2. The third-order valence-electron chi connectivity index (χ3n) is 3.08. The number of carbonyl (C=O) groups excluding carboxylic acids is 1. The number of anilines is 1. The van der Waals surface area contributed by atoms with Gasteiger partial charge in [0, 0.05) is 25.2 Å². The quantitative estimate of drug-likeness (QED) is 0.840. The maximum atomic E-state index is 12.2. The fourth-order valence-electron chi connectivity index (χ4n) is 1.88. The zero-order chi connectivity index (χ0) is 13.5. The van der Waals surface area contributed by atoms with Crippen LogP contribution in [0.15, 0.2) is 24.5 Å². The summed E-state index contributed by atoms with van der Waals surface area (Å²) < 4.78 is 0. The minimum absolute atomic E-state index is 0.0222. The number of carbonyl (C=O) groups is 1. The zero-order valence-electron chi connectivity index (χ0n) is 11.5. The summed E-state index contributed by atoms with van der Waals surface area (Å²) in [6.07, 6.45) is 6.24. The molecule has 2 N–H and O–H groups in total. The summed E-state index contributed by atoms with van der Waals surface area (Å²) >= 11 is 0. The molecule has 0 aliphatic carbocycles. The molecule has 0 saturated carbocycles. The Morgan fingerprint density at radius 2 is 2.17 bits per heavy atom. The van der Waals surface area contributed by atoms with Crippen molar-refractivity contribution in [1.82, 2.24) is 4.98 Å². The number of nitrogens with zero attached hydrogens (tertiary/aromatic N) is 2. The Hall–Kier alpha value is -1.42. The van der Waals surface area contributed by atoms with Gasteiger partial charge in [0.05, 0.1) is 11.9 Å². The van der Waals surface area contributed by atoms with Gasteiger partial charge in [-0.25, -0.2) is 0 Å². The Morgan fingerprint density at radius 1 is 1.44 bits per heavy atom. The molecule has 1 aromatic rings. The van der Waals surface area contributed by atoms with Crippen LogP contribution in [0.2, 0.25) is 0 Å². The second kappa shape index (κ2) is 7.11. The minimum atomic E-state index is 0.0222. The molecule has 4 nitrogen and oxygen atoms in total. The van der Waals surface area contributed by atoms with E-state index in [-0.39, 0.29) is 17.9 Å². The molecule has 0 aliphatic heterocycles. The Kier molecular flexibility index (Phi) is 5.78. The van der Waals surface area contributed by atoms with Gasteiger partial charge in [-0.15, -0.1) is 0 Å². The van der Waals surface area contributed by atoms with Crippen LogP contribution in [0.4, 0.5) is 5.69 Å². The van der Waals surface area contributed by atoms with E-state index in [1.165, 1.54) is 0 Å². The van der Waals surface area contributed by atoms with E-state index >= 15 is 0 Å². The van der Waals surface area contributed by atoms with E-state index in [0.717, 1.165) is 24.9 Å². The molecule has 0 aromatic carbocycles. The van der Waals surface area contributed by atoms with Crippen LogP contribution in [0.3, 0.4) is 0 Å². The van der Waals surface area contributed by atoms with Gasteiger partial charge >= 0.3 is 0 Å². The second-order valence-electron chi connectivity index (χ2n) is 4.92. The van der Waals surface area contributed by atoms with Gasteiger partial charge in [-0.2, -0.15) is 0 Å². The number of pyridine rings is 1. The Bertz CT molecular complexity index is 365. The van der Waals surface area contributed by atoms with E-state index in [2.05, 4.69) is 4.98 Å². The molecule has 0 fully saturated rings. The number of nitrogens with two attached hydrogens (primary N) is 1. The highest BCUT2D eigenvalue weighted by molar-refractivity contribution is 5.94. The monoisotopic (exact) mass is 249 g/mol. The lowest BCUT2D eigenvalue weighted by Gasteiger charge is -2.21. The summed E-state index contributed by atoms with van der Waals surface area (Å²) in [6, 6.07) is 3.93. The van der Waals surface area contributed by atoms with Crippen molar-refractivity contribution in [2.24, 2.45) is 11.7 Å². The fraction of sp³-hybridized carbons (Fsp3) is 0.571. The Morgan fingerprint density at radius 3 is 2.72 bits per heavy atom. The van der Waals surface area contributed by atoms with Crippen molar-refractivity contribution in [3.05, 3.63) is 24.5 Å². The summed E-state index contributed by atoms with van der Waals surface area (Å²) in [4.78, 5) is 17.9. The van der Waals surface area contributed by atoms with Crippen LogP contribution < -0.4 is 10.6 Å². The van der Waals surface area contributed by atoms with E-state index in [0.29, 0.717) is 0 Å². The van der Waals surface area contributed by atoms with E-state index in [9.17, 15) is 4.79 Å². The van der Waals surface area contributed by atoms with Gasteiger partial charge in [0.1, 0.15) is 0 Å². The summed E-state index contributed by atoms with van der Waals surface area (Å²) in [5, 5.41) is 0. The van der Waals surface area contributed by atoms with Gasteiger partial charge in [0.25, 0.3) is 0 Å². The zero-order valence-corrected chi connectivity index (χ0v) is 11.5. The molecular formula is C14H23N3O. The Labute approximate surface area is 109 Å². The van der Waals surface area contributed by atoms with Crippen LogP contribution in [-0.2, 0) is 4.79 Å². The van der Waals surface area contributed by atoms with Crippen LogP contribution in [-0.4, -0.2) is 24.0 Å². The normalized spacial score (nSPS) is 14.0. The summed E-state index contributed by atoms with van der Waals surface area (Å²) in [7, 11) is 1.79. The maximum Gasteiger partial charge on any atom is 0.229 e. The highest BCUT2D eigenvalue weighted by atomic mass is 16.2. The third kappa shape index (κ3) is 4.45. The van der Waals surface area contributed by atoms with Crippen molar-refractivity contribution in [3.63, 3.8) is 0 Å². The summed E-state index contributed by atoms with van der Waals surface area (Å²) in [5.74, 6) is 0.154. The number of hydrogen-bond acceptors (Lipinski definition) is 3. The molecule has 100 valence electrons. The summed E-state index contributed by atoms with van der Waals surface area (Å²) in [6.45, 7) is 3.96. The first-order chi connectivity index (χ1) is 8.52. The predicted octanol–water partition coefficient (Wildman–Crippen LogP) is 2.20. The lowest BCUT2D eigenvalue weighted by atomic mass is 10.0. The molecule has 0 spiro atoms. The molecule has 4 heteroatoms. The van der Waals surface area contributed by atoms with E-state index in [1.54, 1.807) is 24.3 Å². The van der Waals surface area contributed by atoms with Gasteiger partial charge in [-0.3, -0.25) is 9.78 Å². The van der Waals surface area contributed by atoms with Gasteiger partial charge < -0.3 is 10.6 Å². The number of aromatic nitrogens is 1. The first-order valence-corrected chi connectivity index (χ1v) is 6.45. The number of amides is 1. The molecule has 18 heavy (non-hydrogen) atoms. The average molecular weight is 249 g/mol. The first kappa shape index (κ1) is 14.6. The fourth-order valence-corrected chi connectivity index (χ4v) is 1.88. The molecule has 1 rings (SSSR count). The lowest BCUT2D eigenvalue weighted by molar-refractivity contribution is -0.121. The largest absolute Gasteiger partial charge is 0.328 e. The molecular weight excluding hydrogens is 226 g/mol. The van der Waals surface area contributed by atoms with E-state index in [4.69, 9.17) is 5.73 Å². The van der Waals surface area contributed by atoms with Crippen LogP contribution in [0.5, 0.6) is 0 Å². The van der Waals surface area contributed by atoms with Crippen LogP contribution in [0.1, 0.15) is 33.1 Å². The summed E-state index contributed by atoms with van der Waals surface area (Å²) in [5.41, 5.74) is 6.54. The molecule has 0 saturated heterocycles. The molecule has 2 unspecified atom stereocenters. The number of hydrogen-bond donors (Lipinski definition) is 1. The van der Waals surface area contributed by atoms with Crippen LogP contribution >= 0.6 is 0 Å². The topological polar surface area (TPSA) is 59.2 Å². The van der Waals surface area contributed by atoms with Gasteiger partial charge in [-0.05, 0) is 31.9 Å². The number of rotatable bonds is 6. The van der Waals surface area contributed by atoms with Crippen LogP contribution in [0.25, 0.3) is 0 Å². The third-order valence-corrected chi connectivity index (χ3v) is 3.08. The standard InChI is InChI=1S/C14H23N3O/c1-11(6-4-7-12(2)15)14(18)17(3)13-8-5-9-16-10-13/h5,8-12H,4,6-7,15H2,1-3H3. The lowest BCUT2D eigenvalue weighted by Crippen LogP contribution is -2.31. The van der Waals surface area contributed by atoms with Gasteiger partial charge in [0.15, 0.2) is 0 Å². The smallest absolute Gasteiger partial charge is 0.229 e. The SMILES string of the molecule is CC(N)CCCC(C)C(=O)N(C)c1cccnc1. The molecule has 2 atom stereocenters. The Balaban J connectivity index is 2.48. The van der Waals surface area contributed by atoms with Crippen molar-refractivity contribution in [2.75, 3.05) is 11.9 Å². The molecule has 0 aliphatic rings.